The number of carboxylic acid groups (broad SMARTS) is 1. The summed E-state index contributed by atoms with van der Waals surface area (Å²) < 4.78 is 17.3. The Morgan fingerprint density at radius 3 is 2.06 bits per heavy atom. The summed E-state index contributed by atoms with van der Waals surface area (Å²) in [7, 11) is 1.67. The maximum Gasteiger partial charge on any atom is 0.306 e. The topological polar surface area (TPSA) is 131 Å². The molecule has 0 unspecified atom stereocenters. The van der Waals surface area contributed by atoms with Crippen LogP contribution in [0.4, 0.5) is 11.5 Å². The van der Waals surface area contributed by atoms with E-state index in [1.165, 1.54) is 70.6 Å². The Kier molecular flexibility index (Phi) is 22.1. The molecule has 2 fully saturated rings. The molecule has 3 aromatic rings. The van der Waals surface area contributed by atoms with Gasteiger partial charge in [-0.1, -0.05) is 110 Å². The molecule has 1 saturated heterocycles. The van der Waals surface area contributed by atoms with Crippen molar-refractivity contribution in [3.63, 3.8) is 0 Å². The highest BCUT2D eigenvalue weighted by atomic mass is 16.5. The van der Waals surface area contributed by atoms with Gasteiger partial charge in [-0.2, -0.15) is 0 Å². The number of esters is 1. The van der Waals surface area contributed by atoms with Crippen molar-refractivity contribution in [3.8, 4) is 11.6 Å². The van der Waals surface area contributed by atoms with E-state index in [0.29, 0.717) is 61.7 Å². The van der Waals surface area contributed by atoms with Crippen molar-refractivity contribution in [1.29, 1.82) is 0 Å². The van der Waals surface area contributed by atoms with Crippen LogP contribution in [0, 0.1) is 24.2 Å². The number of pyridine rings is 2. The van der Waals surface area contributed by atoms with E-state index in [9.17, 15) is 14.4 Å². The number of amides is 1. The predicted molar refractivity (Wildman–Crippen MR) is 265 cm³/mol. The number of carbonyl (C=O) groups excluding carboxylic acids is 2. The molecule has 66 heavy (non-hydrogen) atoms. The molecule has 0 radical (unpaired) electrons. The molecular weight excluding hydrogens is 829 g/mol. The summed E-state index contributed by atoms with van der Waals surface area (Å²) in [5.74, 6) is 2.10. The normalized spacial score (nSPS) is 14.8. The first-order chi connectivity index (χ1) is 32.0. The Morgan fingerprint density at radius 1 is 0.833 bits per heavy atom. The van der Waals surface area contributed by atoms with Gasteiger partial charge < -0.3 is 24.2 Å². The second-order valence-corrected chi connectivity index (χ2v) is 19.9. The Labute approximate surface area is 396 Å². The summed E-state index contributed by atoms with van der Waals surface area (Å²) in [6.45, 7) is 11.5. The van der Waals surface area contributed by atoms with Crippen molar-refractivity contribution in [1.82, 2.24) is 9.97 Å². The number of aliphatic carboxylic acids is 1. The Morgan fingerprint density at radius 2 is 1.47 bits per heavy atom. The van der Waals surface area contributed by atoms with Gasteiger partial charge in [-0.25, -0.2) is 9.97 Å². The van der Waals surface area contributed by atoms with Gasteiger partial charge in [0, 0.05) is 50.1 Å². The third-order valence-corrected chi connectivity index (χ3v) is 13.7. The molecule has 1 saturated carbocycles. The molecule has 2 aromatic heterocycles. The fourth-order valence-electron chi connectivity index (χ4n) is 9.58. The van der Waals surface area contributed by atoms with Crippen LogP contribution in [0.1, 0.15) is 190 Å². The highest BCUT2D eigenvalue weighted by Gasteiger charge is 2.35. The summed E-state index contributed by atoms with van der Waals surface area (Å²) in [4.78, 5) is 51.6. The quantitative estimate of drug-likeness (QED) is 0.0477. The Balaban J connectivity index is 1.10. The van der Waals surface area contributed by atoms with Crippen LogP contribution >= 0.6 is 0 Å². The lowest BCUT2D eigenvalue weighted by Crippen LogP contribution is -2.41. The zero-order valence-electron chi connectivity index (χ0n) is 41.2. The molecule has 0 bridgehead atoms. The number of hydrogen-bond acceptors (Lipinski definition) is 9. The van der Waals surface area contributed by atoms with Gasteiger partial charge in [0.1, 0.15) is 11.6 Å². The second kappa shape index (κ2) is 27.8. The number of hydrogen-bond donors (Lipinski definition) is 1. The molecule has 5 rings (SSSR count). The fraction of sp³-hybridized carbons (Fsp3) is 0.655. The van der Waals surface area contributed by atoms with Crippen LogP contribution in [0.3, 0.4) is 0 Å². The largest absolute Gasteiger partial charge is 0.497 e. The first kappa shape index (κ1) is 52.3. The molecule has 2 aliphatic rings. The van der Waals surface area contributed by atoms with Crippen molar-refractivity contribution >= 4 is 29.4 Å². The smallest absolute Gasteiger partial charge is 0.306 e. The average molecular weight is 911 g/mol. The first-order valence-corrected chi connectivity index (χ1v) is 25.6. The monoisotopic (exact) mass is 911 g/mol. The molecule has 1 amide bonds. The number of anilines is 2. The lowest BCUT2D eigenvalue weighted by atomic mass is 9.85. The van der Waals surface area contributed by atoms with E-state index in [1.54, 1.807) is 13.3 Å². The molecular formula is C55H82N4O7. The number of nitrogens with zero attached hydrogens (tertiary/aromatic N) is 4. The zero-order valence-corrected chi connectivity index (χ0v) is 41.2. The molecule has 0 spiro atoms. The number of carboxylic acids is 1. The van der Waals surface area contributed by atoms with Gasteiger partial charge in [-0.3, -0.25) is 19.3 Å². The van der Waals surface area contributed by atoms with E-state index >= 15 is 0 Å². The maximum absolute atomic E-state index is 14.9. The van der Waals surface area contributed by atoms with Crippen molar-refractivity contribution < 1.29 is 33.7 Å². The number of aryl methyl sites for hydroxylation is 1. The van der Waals surface area contributed by atoms with Gasteiger partial charge in [-0.05, 0) is 111 Å². The van der Waals surface area contributed by atoms with Crippen molar-refractivity contribution in [2.45, 2.75) is 175 Å². The minimum absolute atomic E-state index is 0.0457. The number of carbonyl (C=O) groups is 3. The molecule has 11 nitrogen and oxygen atoms in total. The summed E-state index contributed by atoms with van der Waals surface area (Å²) in [5, 5.41) is 8.76. The number of piperidine rings is 1. The minimum Gasteiger partial charge on any atom is -0.497 e. The third-order valence-electron chi connectivity index (χ3n) is 13.7. The third kappa shape index (κ3) is 18.2. The summed E-state index contributed by atoms with van der Waals surface area (Å²) in [5.41, 5.74) is 3.40. The van der Waals surface area contributed by atoms with Crippen LogP contribution in [0.15, 0.2) is 54.7 Å². The van der Waals surface area contributed by atoms with Gasteiger partial charge >= 0.3 is 11.9 Å². The van der Waals surface area contributed by atoms with E-state index in [4.69, 9.17) is 24.3 Å². The standard InChI is InChI=1S/C55H82N4O7/c1-6-65-53(62)39-48(44-26-27-44)45-30-34-56-51(37-45)66-40-43-31-35-58(36-32-43)49-38-46(64-5)28-29-47(49)54(63)59(50-24-22-23-42(2)57-50)41-55(3,4)33-21-19-17-15-13-11-9-7-8-10-12-14-16-18-20-25-52(60)61/h22-24,28-30,34,37-38,43-44,48H,6-21,25-27,31-33,35-36,39-41H2,1-5H3,(H,60,61)/t48-/m0/s1. The number of ether oxygens (including phenoxy) is 3. The predicted octanol–water partition coefficient (Wildman–Crippen LogP) is 12.9. The number of aromatic nitrogens is 2. The summed E-state index contributed by atoms with van der Waals surface area (Å²) in [6.07, 6.45) is 25.9. The van der Waals surface area contributed by atoms with E-state index in [-0.39, 0.29) is 23.2 Å². The van der Waals surface area contributed by atoms with Crippen LogP contribution in [0.25, 0.3) is 0 Å². The summed E-state index contributed by atoms with van der Waals surface area (Å²) in [6, 6.07) is 15.8. The minimum atomic E-state index is -0.679. The van der Waals surface area contributed by atoms with Gasteiger partial charge in [0.25, 0.3) is 5.91 Å². The van der Waals surface area contributed by atoms with E-state index < -0.39 is 5.97 Å². The maximum atomic E-state index is 14.9. The molecule has 1 atom stereocenters. The Hall–Kier alpha value is -4.67. The molecule has 11 heteroatoms. The van der Waals surface area contributed by atoms with Gasteiger partial charge in [0.15, 0.2) is 0 Å². The SMILES string of the molecule is CCOC(=O)C[C@H](c1ccnc(OCC2CCN(c3cc(OC)ccc3C(=O)N(CC(C)(C)CCCCCCCCCCCCCCCCCC(=O)O)c3cccc(C)n3)CC2)c1)C1CC1. The molecule has 364 valence electrons. The van der Waals surface area contributed by atoms with E-state index in [1.807, 2.05) is 67.3 Å². The van der Waals surface area contributed by atoms with Crippen molar-refractivity contribution in [2.75, 3.05) is 49.8 Å². The van der Waals surface area contributed by atoms with Crippen molar-refractivity contribution in [3.05, 3.63) is 71.5 Å². The van der Waals surface area contributed by atoms with Gasteiger partial charge in [-0.15, -0.1) is 0 Å². The molecule has 1 aliphatic heterocycles. The van der Waals surface area contributed by atoms with Crippen molar-refractivity contribution in [2.24, 2.45) is 17.3 Å². The van der Waals surface area contributed by atoms with Crippen LogP contribution in [0.5, 0.6) is 11.6 Å². The van der Waals surface area contributed by atoms with Crippen LogP contribution in [0.2, 0.25) is 0 Å². The Bertz CT molecular complexity index is 1920. The zero-order chi connectivity index (χ0) is 47.2. The number of rotatable bonds is 32. The number of methoxy groups -OCH3 is 1. The molecule has 1 aliphatic carbocycles. The number of unbranched alkanes of at least 4 members (excludes halogenated alkanes) is 14. The van der Waals surface area contributed by atoms with Crippen LogP contribution in [-0.2, 0) is 14.3 Å². The van der Waals surface area contributed by atoms with E-state index in [2.05, 4.69) is 23.7 Å². The molecule has 3 heterocycles. The van der Waals surface area contributed by atoms with E-state index in [0.717, 1.165) is 93.6 Å². The highest BCUT2D eigenvalue weighted by Crippen LogP contribution is 2.45. The number of benzene rings is 1. The summed E-state index contributed by atoms with van der Waals surface area (Å²) >= 11 is 0. The van der Waals surface area contributed by atoms with Gasteiger partial charge in [0.05, 0.1) is 38.0 Å². The van der Waals surface area contributed by atoms with Crippen LogP contribution < -0.4 is 19.3 Å². The fourth-order valence-corrected chi connectivity index (χ4v) is 9.58. The molecule has 1 aromatic carbocycles. The first-order valence-electron chi connectivity index (χ1n) is 25.6. The lowest BCUT2D eigenvalue weighted by Gasteiger charge is -2.36. The second-order valence-electron chi connectivity index (χ2n) is 19.9. The highest BCUT2D eigenvalue weighted by molar-refractivity contribution is 6.09. The molecule has 1 N–H and O–H groups in total. The van der Waals surface area contributed by atoms with Crippen LogP contribution in [-0.4, -0.2) is 72.9 Å². The van der Waals surface area contributed by atoms with Gasteiger partial charge in [0.2, 0.25) is 5.88 Å². The lowest BCUT2D eigenvalue weighted by molar-refractivity contribution is -0.143. The average Bonchev–Trinajstić information content (AvgIpc) is 4.16.